The Bertz CT molecular complexity index is 128. The summed E-state index contributed by atoms with van der Waals surface area (Å²) < 4.78 is 0. The van der Waals surface area contributed by atoms with Gasteiger partial charge in [0.05, 0.1) is 12.0 Å². The van der Waals surface area contributed by atoms with Crippen LogP contribution >= 0.6 is 0 Å². The summed E-state index contributed by atoms with van der Waals surface area (Å²) in [7, 11) is 0. The van der Waals surface area contributed by atoms with Crippen LogP contribution in [0.4, 0.5) is 0 Å². The highest BCUT2D eigenvalue weighted by Gasteiger charge is 2.05. The average Bonchev–Trinajstić information content (AvgIpc) is 2.03. The number of hydrogen-bond donors (Lipinski definition) is 1. The third-order valence-electron chi connectivity index (χ3n) is 1.64. The molecule has 0 aliphatic rings. The number of rotatable bonds is 5. The van der Waals surface area contributed by atoms with Crippen molar-refractivity contribution in [3.8, 4) is 6.07 Å². The molecule has 64 valence electrons. The van der Waals surface area contributed by atoms with Crippen LogP contribution in [0.15, 0.2) is 0 Å². The minimum atomic E-state index is 0.112. The molecule has 11 heavy (non-hydrogen) atoms. The molecule has 0 aromatic carbocycles. The Morgan fingerprint density at radius 1 is 1.64 bits per heavy atom. The lowest BCUT2D eigenvalue weighted by Gasteiger charge is -2.19. The quantitative estimate of drug-likeness (QED) is 0.626. The smallest absolute Gasteiger partial charge is 0.0666 e. The minimum absolute atomic E-state index is 0.112. The van der Waals surface area contributed by atoms with E-state index in [2.05, 4.69) is 17.9 Å². The molecule has 3 nitrogen and oxygen atoms in total. The van der Waals surface area contributed by atoms with Gasteiger partial charge in [0.2, 0.25) is 0 Å². The third kappa shape index (κ3) is 4.77. The van der Waals surface area contributed by atoms with E-state index in [9.17, 15) is 0 Å². The Labute approximate surface area is 68.8 Å². The van der Waals surface area contributed by atoms with Crippen molar-refractivity contribution in [3.63, 3.8) is 0 Å². The lowest BCUT2D eigenvalue weighted by atomic mass is 10.2. The SMILES string of the molecule is CCN(CCN)CC(C)C#N. The largest absolute Gasteiger partial charge is 0.329 e. The van der Waals surface area contributed by atoms with Gasteiger partial charge >= 0.3 is 0 Å². The molecule has 2 N–H and O–H groups in total. The summed E-state index contributed by atoms with van der Waals surface area (Å²) in [6.07, 6.45) is 0. The zero-order valence-electron chi connectivity index (χ0n) is 7.38. The lowest BCUT2D eigenvalue weighted by molar-refractivity contribution is 0.276. The first-order valence-corrected chi connectivity index (χ1v) is 4.06. The summed E-state index contributed by atoms with van der Waals surface area (Å²) in [6, 6.07) is 2.21. The van der Waals surface area contributed by atoms with Crippen LogP contribution in [-0.2, 0) is 0 Å². The van der Waals surface area contributed by atoms with E-state index in [-0.39, 0.29) is 5.92 Å². The number of likely N-dealkylation sites (N-methyl/N-ethyl adjacent to an activating group) is 1. The number of hydrogen-bond acceptors (Lipinski definition) is 3. The molecule has 0 aliphatic carbocycles. The summed E-state index contributed by atoms with van der Waals surface area (Å²) in [5, 5.41) is 8.54. The number of nitrogens with two attached hydrogens (primary N) is 1. The molecule has 0 aromatic rings. The van der Waals surface area contributed by atoms with Crippen molar-refractivity contribution >= 4 is 0 Å². The molecule has 0 amide bonds. The van der Waals surface area contributed by atoms with E-state index in [0.717, 1.165) is 19.6 Å². The third-order valence-corrected chi connectivity index (χ3v) is 1.64. The second-order valence-corrected chi connectivity index (χ2v) is 2.71. The molecule has 0 rings (SSSR count). The maximum atomic E-state index is 8.54. The number of nitriles is 1. The molecule has 0 bridgehead atoms. The van der Waals surface area contributed by atoms with Crippen LogP contribution in [-0.4, -0.2) is 31.1 Å². The van der Waals surface area contributed by atoms with Crippen molar-refractivity contribution in [2.24, 2.45) is 11.7 Å². The minimum Gasteiger partial charge on any atom is -0.329 e. The molecule has 0 fully saturated rings. The van der Waals surface area contributed by atoms with E-state index < -0.39 is 0 Å². The van der Waals surface area contributed by atoms with Crippen molar-refractivity contribution in [3.05, 3.63) is 0 Å². The zero-order valence-corrected chi connectivity index (χ0v) is 7.38. The van der Waals surface area contributed by atoms with Gasteiger partial charge in [0, 0.05) is 19.6 Å². The van der Waals surface area contributed by atoms with E-state index in [1.54, 1.807) is 0 Å². The van der Waals surface area contributed by atoms with E-state index >= 15 is 0 Å². The first-order valence-electron chi connectivity index (χ1n) is 4.06. The Kier molecular flexibility index (Phi) is 5.81. The first-order chi connectivity index (χ1) is 5.24. The monoisotopic (exact) mass is 155 g/mol. The summed E-state index contributed by atoms with van der Waals surface area (Å²) in [6.45, 7) is 7.39. The summed E-state index contributed by atoms with van der Waals surface area (Å²) in [5.74, 6) is 0.112. The normalized spacial score (nSPS) is 13.0. The predicted molar refractivity (Wildman–Crippen MR) is 45.9 cm³/mol. The molecule has 1 atom stereocenters. The van der Waals surface area contributed by atoms with Crippen LogP contribution in [0.2, 0.25) is 0 Å². The van der Waals surface area contributed by atoms with Gasteiger partial charge in [0.1, 0.15) is 0 Å². The molecule has 0 spiro atoms. The first kappa shape index (κ1) is 10.4. The molecular formula is C8H17N3. The van der Waals surface area contributed by atoms with Crippen LogP contribution < -0.4 is 5.73 Å². The molecule has 0 saturated carbocycles. The molecular weight excluding hydrogens is 138 g/mol. The fraction of sp³-hybridized carbons (Fsp3) is 0.875. The fourth-order valence-corrected chi connectivity index (χ4v) is 0.989. The van der Waals surface area contributed by atoms with Crippen LogP contribution in [0.3, 0.4) is 0 Å². The van der Waals surface area contributed by atoms with E-state index in [4.69, 9.17) is 11.0 Å². The standard InChI is InChI=1S/C8H17N3/c1-3-11(5-4-9)7-8(2)6-10/h8H,3-5,7,9H2,1-2H3. The van der Waals surface area contributed by atoms with Crippen LogP contribution in [0, 0.1) is 17.2 Å². The molecule has 1 unspecified atom stereocenters. The molecule has 0 heterocycles. The number of nitrogens with zero attached hydrogens (tertiary/aromatic N) is 2. The van der Waals surface area contributed by atoms with Crippen LogP contribution in [0.5, 0.6) is 0 Å². The van der Waals surface area contributed by atoms with Crippen LogP contribution in [0.25, 0.3) is 0 Å². The van der Waals surface area contributed by atoms with Crippen molar-refractivity contribution in [1.29, 1.82) is 5.26 Å². The predicted octanol–water partition coefficient (Wildman–Crippen LogP) is 0.427. The molecule has 3 heteroatoms. The highest BCUT2D eigenvalue weighted by molar-refractivity contribution is 4.81. The lowest BCUT2D eigenvalue weighted by Crippen LogP contribution is -2.32. The van der Waals surface area contributed by atoms with Crippen LogP contribution in [0.1, 0.15) is 13.8 Å². The molecule has 0 radical (unpaired) electrons. The second-order valence-electron chi connectivity index (χ2n) is 2.71. The highest BCUT2D eigenvalue weighted by Crippen LogP contribution is 1.96. The average molecular weight is 155 g/mol. The molecule has 0 aromatic heterocycles. The van der Waals surface area contributed by atoms with Gasteiger partial charge < -0.3 is 10.6 Å². The van der Waals surface area contributed by atoms with Gasteiger partial charge in [-0.15, -0.1) is 0 Å². The Morgan fingerprint density at radius 2 is 2.27 bits per heavy atom. The van der Waals surface area contributed by atoms with Gasteiger partial charge in [-0.05, 0) is 13.5 Å². The van der Waals surface area contributed by atoms with Gasteiger partial charge in [-0.3, -0.25) is 0 Å². The summed E-state index contributed by atoms with van der Waals surface area (Å²) in [4.78, 5) is 2.19. The zero-order chi connectivity index (χ0) is 8.69. The van der Waals surface area contributed by atoms with Gasteiger partial charge in [0.15, 0.2) is 0 Å². The summed E-state index contributed by atoms with van der Waals surface area (Å²) >= 11 is 0. The Morgan fingerprint density at radius 3 is 2.64 bits per heavy atom. The highest BCUT2D eigenvalue weighted by atomic mass is 15.1. The maximum absolute atomic E-state index is 8.54. The van der Waals surface area contributed by atoms with Gasteiger partial charge in [-0.2, -0.15) is 5.26 Å². The van der Waals surface area contributed by atoms with E-state index in [1.165, 1.54) is 0 Å². The Hall–Kier alpha value is -0.590. The van der Waals surface area contributed by atoms with E-state index in [1.807, 2.05) is 6.92 Å². The topological polar surface area (TPSA) is 53.0 Å². The summed E-state index contributed by atoms with van der Waals surface area (Å²) in [5.41, 5.74) is 5.40. The fourth-order valence-electron chi connectivity index (χ4n) is 0.989. The molecule has 0 aliphatic heterocycles. The molecule has 0 saturated heterocycles. The van der Waals surface area contributed by atoms with Crippen molar-refractivity contribution in [1.82, 2.24) is 4.90 Å². The van der Waals surface area contributed by atoms with Gasteiger partial charge in [-0.25, -0.2) is 0 Å². The van der Waals surface area contributed by atoms with E-state index in [0.29, 0.717) is 6.54 Å². The van der Waals surface area contributed by atoms with Crippen molar-refractivity contribution < 1.29 is 0 Å². The van der Waals surface area contributed by atoms with Gasteiger partial charge in [0.25, 0.3) is 0 Å². The Balaban J connectivity index is 3.60. The van der Waals surface area contributed by atoms with Crippen molar-refractivity contribution in [2.45, 2.75) is 13.8 Å². The maximum Gasteiger partial charge on any atom is 0.0666 e. The van der Waals surface area contributed by atoms with Crippen molar-refractivity contribution in [2.75, 3.05) is 26.2 Å². The van der Waals surface area contributed by atoms with Gasteiger partial charge in [-0.1, -0.05) is 6.92 Å². The second kappa shape index (κ2) is 6.14.